The lowest BCUT2D eigenvalue weighted by Gasteiger charge is -2.35. The van der Waals surface area contributed by atoms with Crippen molar-refractivity contribution in [3.8, 4) is 0 Å². The Bertz CT molecular complexity index is 217. The molecule has 0 saturated carbocycles. The van der Waals surface area contributed by atoms with E-state index >= 15 is 0 Å². The molecule has 0 aliphatic carbocycles. The molecule has 2 nitrogen and oxygen atoms in total. The summed E-state index contributed by atoms with van der Waals surface area (Å²) in [7, 11) is 2.21. The van der Waals surface area contributed by atoms with E-state index in [0.717, 1.165) is 29.2 Å². The smallest absolute Gasteiger partial charge is 0.0293 e. The summed E-state index contributed by atoms with van der Waals surface area (Å²) in [5.41, 5.74) is 0. The van der Waals surface area contributed by atoms with Gasteiger partial charge in [-0.1, -0.05) is 22.5 Å². The molecule has 0 aromatic heterocycles. The molecular formula is C11H19BrN2. The fraction of sp³-hybridized carbons (Fsp3) is 0.818. The van der Waals surface area contributed by atoms with Gasteiger partial charge in [0.2, 0.25) is 0 Å². The van der Waals surface area contributed by atoms with Crippen LogP contribution in [-0.2, 0) is 0 Å². The van der Waals surface area contributed by atoms with Crippen LogP contribution in [0.2, 0.25) is 0 Å². The zero-order valence-corrected chi connectivity index (χ0v) is 10.4. The Morgan fingerprint density at radius 3 is 2.50 bits per heavy atom. The zero-order chi connectivity index (χ0) is 10.1. The standard InChI is InChI=1S/C11H19BrN2/c1-8(12)7-14(2)11-5-9-3-4-10(6-11)13-9/h9-11,13H,1,3-7H2,2H3. The van der Waals surface area contributed by atoms with Crippen LogP contribution in [0, 0.1) is 0 Å². The van der Waals surface area contributed by atoms with E-state index in [4.69, 9.17) is 0 Å². The van der Waals surface area contributed by atoms with Gasteiger partial charge in [-0.15, -0.1) is 0 Å². The van der Waals surface area contributed by atoms with Crippen molar-refractivity contribution >= 4 is 15.9 Å². The van der Waals surface area contributed by atoms with Crippen LogP contribution in [-0.4, -0.2) is 36.6 Å². The van der Waals surface area contributed by atoms with E-state index in [1.165, 1.54) is 25.7 Å². The maximum absolute atomic E-state index is 3.90. The number of nitrogens with zero attached hydrogens (tertiary/aromatic N) is 1. The molecule has 0 spiro atoms. The van der Waals surface area contributed by atoms with Gasteiger partial charge >= 0.3 is 0 Å². The summed E-state index contributed by atoms with van der Waals surface area (Å²) in [6.07, 6.45) is 5.38. The summed E-state index contributed by atoms with van der Waals surface area (Å²) in [5.74, 6) is 0. The van der Waals surface area contributed by atoms with Gasteiger partial charge in [0.05, 0.1) is 0 Å². The van der Waals surface area contributed by atoms with Crippen molar-refractivity contribution in [2.75, 3.05) is 13.6 Å². The maximum Gasteiger partial charge on any atom is 0.0293 e. The first-order valence-corrected chi connectivity index (χ1v) is 6.24. The predicted octanol–water partition coefficient (Wildman–Crippen LogP) is 2.11. The van der Waals surface area contributed by atoms with Crippen molar-refractivity contribution in [3.05, 3.63) is 11.1 Å². The molecule has 2 atom stereocenters. The van der Waals surface area contributed by atoms with Gasteiger partial charge in [0.25, 0.3) is 0 Å². The number of piperidine rings is 1. The number of nitrogens with one attached hydrogen (secondary N) is 1. The maximum atomic E-state index is 3.90. The van der Waals surface area contributed by atoms with Gasteiger partial charge in [-0.25, -0.2) is 0 Å². The Balaban J connectivity index is 1.89. The fourth-order valence-electron chi connectivity index (χ4n) is 2.79. The van der Waals surface area contributed by atoms with Crippen LogP contribution in [0.15, 0.2) is 11.1 Å². The highest BCUT2D eigenvalue weighted by Gasteiger charge is 2.34. The van der Waals surface area contributed by atoms with Crippen molar-refractivity contribution in [1.29, 1.82) is 0 Å². The van der Waals surface area contributed by atoms with E-state index in [0.29, 0.717) is 0 Å². The van der Waals surface area contributed by atoms with E-state index in [9.17, 15) is 0 Å². The van der Waals surface area contributed by atoms with Crippen LogP contribution in [0.3, 0.4) is 0 Å². The van der Waals surface area contributed by atoms with Crippen LogP contribution >= 0.6 is 15.9 Å². The lowest BCUT2D eigenvalue weighted by molar-refractivity contribution is 0.186. The molecule has 80 valence electrons. The minimum absolute atomic E-state index is 0.753. The van der Waals surface area contributed by atoms with Crippen LogP contribution < -0.4 is 5.32 Å². The number of hydrogen-bond donors (Lipinski definition) is 1. The summed E-state index contributed by atoms with van der Waals surface area (Å²) >= 11 is 3.44. The second-order valence-corrected chi connectivity index (χ2v) is 5.82. The third-order valence-corrected chi connectivity index (χ3v) is 3.74. The molecular weight excluding hydrogens is 240 g/mol. The molecule has 14 heavy (non-hydrogen) atoms. The molecule has 3 heteroatoms. The summed E-state index contributed by atoms with van der Waals surface area (Å²) in [4.78, 5) is 2.43. The van der Waals surface area contributed by atoms with Crippen molar-refractivity contribution in [3.63, 3.8) is 0 Å². The molecule has 2 heterocycles. The lowest BCUT2D eigenvalue weighted by atomic mass is 9.99. The minimum Gasteiger partial charge on any atom is -0.311 e. The Morgan fingerprint density at radius 1 is 1.43 bits per heavy atom. The Kier molecular flexibility index (Phi) is 3.30. The number of rotatable bonds is 3. The minimum atomic E-state index is 0.753. The largest absolute Gasteiger partial charge is 0.311 e. The summed E-state index contributed by atoms with van der Waals surface area (Å²) in [5, 5.41) is 3.67. The Hall–Kier alpha value is 0.140. The molecule has 2 saturated heterocycles. The van der Waals surface area contributed by atoms with Gasteiger partial charge in [-0.2, -0.15) is 0 Å². The second-order valence-electron chi connectivity index (χ2n) is 4.70. The molecule has 2 unspecified atom stereocenters. The second kappa shape index (κ2) is 4.33. The van der Waals surface area contributed by atoms with E-state index in [2.05, 4.69) is 39.8 Å². The van der Waals surface area contributed by atoms with Gasteiger partial charge in [0.15, 0.2) is 0 Å². The third-order valence-electron chi connectivity index (χ3n) is 3.49. The molecule has 0 aromatic carbocycles. The summed E-state index contributed by atoms with van der Waals surface area (Å²) < 4.78 is 1.09. The molecule has 2 rings (SSSR count). The predicted molar refractivity (Wildman–Crippen MR) is 63.7 cm³/mol. The third kappa shape index (κ3) is 2.38. The number of hydrogen-bond acceptors (Lipinski definition) is 2. The van der Waals surface area contributed by atoms with Crippen LogP contribution in [0.5, 0.6) is 0 Å². The monoisotopic (exact) mass is 258 g/mol. The normalized spacial score (nSPS) is 36.4. The summed E-state index contributed by atoms with van der Waals surface area (Å²) in [6.45, 7) is 4.88. The SMILES string of the molecule is C=C(Br)CN(C)C1CC2CCC(C1)N2. The first-order valence-electron chi connectivity index (χ1n) is 5.44. The number of likely N-dealkylation sites (N-methyl/N-ethyl adjacent to an activating group) is 1. The van der Waals surface area contributed by atoms with E-state index < -0.39 is 0 Å². The highest BCUT2D eigenvalue weighted by atomic mass is 79.9. The van der Waals surface area contributed by atoms with Crippen LogP contribution in [0.1, 0.15) is 25.7 Å². The molecule has 0 aromatic rings. The van der Waals surface area contributed by atoms with Gasteiger partial charge < -0.3 is 5.32 Å². The quantitative estimate of drug-likeness (QED) is 0.835. The van der Waals surface area contributed by atoms with Gasteiger partial charge in [0.1, 0.15) is 0 Å². The molecule has 2 aliphatic rings. The highest BCUT2D eigenvalue weighted by Crippen LogP contribution is 2.29. The lowest BCUT2D eigenvalue weighted by Crippen LogP contribution is -2.47. The van der Waals surface area contributed by atoms with Crippen LogP contribution in [0.4, 0.5) is 0 Å². The molecule has 0 radical (unpaired) electrons. The van der Waals surface area contributed by atoms with Gasteiger partial charge in [0, 0.05) is 29.2 Å². The van der Waals surface area contributed by atoms with E-state index in [-0.39, 0.29) is 0 Å². The average Bonchev–Trinajstić information content (AvgIpc) is 2.44. The average molecular weight is 259 g/mol. The first-order chi connectivity index (χ1) is 6.65. The number of halogens is 1. The molecule has 2 bridgehead atoms. The Labute approximate surface area is 94.9 Å². The van der Waals surface area contributed by atoms with E-state index in [1.807, 2.05) is 0 Å². The van der Waals surface area contributed by atoms with Crippen molar-refractivity contribution < 1.29 is 0 Å². The number of fused-ring (bicyclic) bond motifs is 2. The van der Waals surface area contributed by atoms with Gasteiger partial charge in [-0.3, -0.25) is 4.90 Å². The van der Waals surface area contributed by atoms with Gasteiger partial charge in [-0.05, 0) is 32.7 Å². The van der Waals surface area contributed by atoms with Crippen molar-refractivity contribution in [2.24, 2.45) is 0 Å². The first kappa shape index (κ1) is 10.7. The topological polar surface area (TPSA) is 15.3 Å². The Morgan fingerprint density at radius 2 is 2.00 bits per heavy atom. The van der Waals surface area contributed by atoms with Crippen LogP contribution in [0.25, 0.3) is 0 Å². The van der Waals surface area contributed by atoms with Crippen molar-refractivity contribution in [1.82, 2.24) is 10.2 Å². The van der Waals surface area contributed by atoms with E-state index in [1.54, 1.807) is 0 Å². The molecule has 2 fully saturated rings. The molecule has 2 aliphatic heterocycles. The summed E-state index contributed by atoms with van der Waals surface area (Å²) in [6, 6.07) is 2.32. The highest BCUT2D eigenvalue weighted by molar-refractivity contribution is 9.11. The fourth-order valence-corrected chi connectivity index (χ4v) is 3.18. The zero-order valence-electron chi connectivity index (χ0n) is 8.80. The van der Waals surface area contributed by atoms with Crippen molar-refractivity contribution in [2.45, 2.75) is 43.8 Å². The molecule has 1 N–H and O–H groups in total. The molecule has 0 amide bonds.